The van der Waals surface area contributed by atoms with Crippen molar-refractivity contribution in [1.29, 1.82) is 0 Å². The van der Waals surface area contributed by atoms with Gasteiger partial charge in [0.25, 0.3) is 0 Å². The van der Waals surface area contributed by atoms with E-state index in [1.165, 1.54) is 64.3 Å². The van der Waals surface area contributed by atoms with Crippen LogP contribution in [0.2, 0.25) is 0 Å². The lowest BCUT2D eigenvalue weighted by Crippen LogP contribution is -2.01. The van der Waals surface area contributed by atoms with Crippen LogP contribution in [0.15, 0.2) is 146 Å². The molecule has 49 heavy (non-hydrogen) atoms. The SMILES string of the molecule is c1ccc2cc(-c3nc(-n4c5ccccc5c5c6c7ccccc7n7c8ccccc8c(cc54)c67)c4sc5ccccc5c4n3)ccc2c1. The van der Waals surface area contributed by atoms with Crippen molar-refractivity contribution < 1.29 is 0 Å². The number of nitrogens with zero attached hydrogens (tertiary/aromatic N) is 4. The summed E-state index contributed by atoms with van der Waals surface area (Å²) in [6.45, 7) is 0. The summed E-state index contributed by atoms with van der Waals surface area (Å²) in [5, 5.41) is 11.1. The summed E-state index contributed by atoms with van der Waals surface area (Å²) in [7, 11) is 0. The van der Waals surface area contributed by atoms with Crippen LogP contribution in [0.5, 0.6) is 0 Å². The van der Waals surface area contributed by atoms with E-state index < -0.39 is 0 Å². The maximum Gasteiger partial charge on any atom is 0.162 e. The summed E-state index contributed by atoms with van der Waals surface area (Å²) in [5.41, 5.74) is 8.06. The summed E-state index contributed by atoms with van der Waals surface area (Å²) in [6.07, 6.45) is 0. The zero-order valence-electron chi connectivity index (χ0n) is 26.1. The summed E-state index contributed by atoms with van der Waals surface area (Å²) in [6, 6.07) is 52.6. The highest BCUT2D eigenvalue weighted by Crippen LogP contribution is 2.47. The van der Waals surface area contributed by atoms with Gasteiger partial charge in [-0.2, -0.15) is 0 Å². The van der Waals surface area contributed by atoms with Crippen molar-refractivity contribution in [3.63, 3.8) is 0 Å². The standard InChI is InChI=1S/C44H24N4S/c1-2-12-26-23-27(22-21-25(26)11-1)43-45-40-31-16-6-10-20-37(31)49-42(40)44(46-43)48-35-19-9-4-14-29(35)38-36(48)24-32-28-13-3-7-17-33(28)47-34-18-8-5-15-30(34)39(38)41(32)47/h1-24H. The molecule has 5 aromatic heterocycles. The molecule has 0 radical (unpaired) electrons. The van der Waals surface area contributed by atoms with Crippen molar-refractivity contribution >= 4 is 102 Å². The number of hydrogen-bond donors (Lipinski definition) is 0. The van der Waals surface area contributed by atoms with Crippen LogP contribution >= 0.6 is 11.3 Å². The van der Waals surface area contributed by atoms with Crippen molar-refractivity contribution in [2.75, 3.05) is 0 Å². The van der Waals surface area contributed by atoms with E-state index >= 15 is 0 Å². The van der Waals surface area contributed by atoms with Gasteiger partial charge in [0.2, 0.25) is 0 Å². The number of thiophene rings is 1. The van der Waals surface area contributed by atoms with Gasteiger partial charge in [0, 0.05) is 48.0 Å². The molecule has 0 spiro atoms. The molecule has 12 rings (SSSR count). The smallest absolute Gasteiger partial charge is 0.162 e. The Morgan fingerprint density at radius 1 is 0.469 bits per heavy atom. The van der Waals surface area contributed by atoms with Crippen LogP contribution in [0, 0.1) is 0 Å². The fraction of sp³-hybridized carbons (Fsp3) is 0. The molecule has 0 amide bonds. The highest BCUT2D eigenvalue weighted by molar-refractivity contribution is 7.26. The molecule has 5 heterocycles. The molecular formula is C44H24N4S. The Balaban J connectivity index is 1.30. The van der Waals surface area contributed by atoms with Crippen LogP contribution in [0.4, 0.5) is 0 Å². The molecule has 0 aliphatic carbocycles. The van der Waals surface area contributed by atoms with Gasteiger partial charge < -0.3 is 4.40 Å². The fourth-order valence-corrected chi connectivity index (χ4v) is 9.50. The molecule has 7 aromatic carbocycles. The van der Waals surface area contributed by atoms with Gasteiger partial charge in [0.1, 0.15) is 0 Å². The van der Waals surface area contributed by atoms with Gasteiger partial charge in [0.15, 0.2) is 11.6 Å². The molecule has 5 heteroatoms. The van der Waals surface area contributed by atoms with E-state index in [1.54, 1.807) is 11.3 Å². The second kappa shape index (κ2) is 9.19. The number of benzene rings is 7. The van der Waals surface area contributed by atoms with E-state index in [4.69, 9.17) is 9.97 Å². The predicted octanol–water partition coefficient (Wildman–Crippen LogP) is 11.9. The van der Waals surface area contributed by atoms with Crippen molar-refractivity contribution in [3.05, 3.63) is 146 Å². The number of rotatable bonds is 2. The predicted molar refractivity (Wildman–Crippen MR) is 207 cm³/mol. The minimum Gasteiger partial charge on any atom is -0.308 e. The Morgan fingerprint density at radius 2 is 1.12 bits per heavy atom. The fourth-order valence-electron chi connectivity index (χ4n) is 8.38. The minimum atomic E-state index is 0.732. The summed E-state index contributed by atoms with van der Waals surface area (Å²) in [4.78, 5) is 10.8. The maximum absolute atomic E-state index is 5.52. The number of aromatic nitrogens is 4. The maximum atomic E-state index is 5.52. The Hall–Kier alpha value is -6.30. The number of hydrogen-bond acceptors (Lipinski definition) is 3. The average molecular weight is 641 g/mol. The van der Waals surface area contributed by atoms with Crippen LogP contribution in [0.3, 0.4) is 0 Å². The van der Waals surface area contributed by atoms with E-state index in [0.29, 0.717) is 0 Å². The van der Waals surface area contributed by atoms with Crippen molar-refractivity contribution in [3.8, 4) is 17.2 Å². The van der Waals surface area contributed by atoms with E-state index in [9.17, 15) is 0 Å². The molecule has 0 fully saturated rings. The largest absolute Gasteiger partial charge is 0.308 e. The van der Waals surface area contributed by atoms with Gasteiger partial charge in [-0.1, -0.05) is 109 Å². The Bertz CT molecular complexity index is 3340. The van der Waals surface area contributed by atoms with Crippen LogP contribution in [-0.4, -0.2) is 18.9 Å². The lowest BCUT2D eigenvalue weighted by Gasteiger charge is -2.11. The molecule has 0 saturated heterocycles. The number of para-hydroxylation sites is 3. The molecule has 0 aliphatic rings. The third kappa shape index (κ3) is 3.27. The second-order valence-corrected chi connectivity index (χ2v) is 14.0. The molecule has 0 unspecified atom stereocenters. The van der Waals surface area contributed by atoms with E-state index in [1.807, 2.05) is 0 Å². The normalized spacial score (nSPS) is 12.5. The van der Waals surface area contributed by atoms with Crippen LogP contribution in [-0.2, 0) is 0 Å². The van der Waals surface area contributed by atoms with Gasteiger partial charge in [-0.3, -0.25) is 4.57 Å². The zero-order valence-corrected chi connectivity index (χ0v) is 26.9. The molecule has 0 N–H and O–H groups in total. The van der Waals surface area contributed by atoms with Crippen molar-refractivity contribution in [2.24, 2.45) is 0 Å². The first-order valence-electron chi connectivity index (χ1n) is 16.6. The van der Waals surface area contributed by atoms with Gasteiger partial charge in [-0.15, -0.1) is 11.3 Å². The monoisotopic (exact) mass is 640 g/mol. The highest BCUT2D eigenvalue weighted by Gasteiger charge is 2.26. The number of fused-ring (bicyclic) bond motifs is 14. The first-order chi connectivity index (χ1) is 24.3. The Kier molecular flexibility index (Phi) is 4.83. The molecule has 4 nitrogen and oxygen atoms in total. The van der Waals surface area contributed by atoms with Crippen LogP contribution in [0.1, 0.15) is 0 Å². The van der Waals surface area contributed by atoms with Gasteiger partial charge in [-0.05, 0) is 47.2 Å². The minimum absolute atomic E-state index is 0.732. The van der Waals surface area contributed by atoms with Crippen molar-refractivity contribution in [2.45, 2.75) is 0 Å². The lowest BCUT2D eigenvalue weighted by molar-refractivity contribution is 1.08. The van der Waals surface area contributed by atoms with Gasteiger partial charge in [-0.25, -0.2) is 9.97 Å². The topological polar surface area (TPSA) is 35.1 Å². The first-order valence-corrected chi connectivity index (χ1v) is 17.4. The third-order valence-corrected chi connectivity index (χ3v) is 11.6. The Morgan fingerprint density at radius 3 is 1.96 bits per heavy atom. The highest BCUT2D eigenvalue weighted by atomic mass is 32.1. The van der Waals surface area contributed by atoms with E-state index in [2.05, 4.69) is 155 Å². The molecule has 0 atom stereocenters. The molecule has 226 valence electrons. The molecule has 0 saturated carbocycles. The Labute approximate surface area is 283 Å². The van der Waals surface area contributed by atoms with Gasteiger partial charge in [0.05, 0.1) is 37.8 Å². The quantitative estimate of drug-likeness (QED) is 0.188. The van der Waals surface area contributed by atoms with E-state index in [-0.39, 0.29) is 0 Å². The van der Waals surface area contributed by atoms with E-state index in [0.717, 1.165) is 43.8 Å². The summed E-state index contributed by atoms with van der Waals surface area (Å²) < 4.78 is 7.18. The summed E-state index contributed by atoms with van der Waals surface area (Å²) >= 11 is 1.78. The zero-order chi connectivity index (χ0) is 31.8. The summed E-state index contributed by atoms with van der Waals surface area (Å²) in [5.74, 6) is 1.65. The van der Waals surface area contributed by atoms with Crippen LogP contribution < -0.4 is 0 Å². The lowest BCUT2D eigenvalue weighted by atomic mass is 10.0. The molecule has 12 aromatic rings. The second-order valence-electron chi connectivity index (χ2n) is 13.0. The molecular weight excluding hydrogens is 617 g/mol. The van der Waals surface area contributed by atoms with Crippen LogP contribution in [0.25, 0.3) is 108 Å². The third-order valence-electron chi connectivity index (χ3n) is 10.4. The van der Waals surface area contributed by atoms with Gasteiger partial charge >= 0.3 is 0 Å². The van der Waals surface area contributed by atoms with Crippen molar-refractivity contribution in [1.82, 2.24) is 18.9 Å². The molecule has 0 bridgehead atoms. The molecule has 0 aliphatic heterocycles. The first kappa shape index (κ1) is 25.7. The average Bonchev–Trinajstić information content (AvgIpc) is 3.89.